The summed E-state index contributed by atoms with van der Waals surface area (Å²) in [7, 11) is 0. The van der Waals surface area contributed by atoms with Crippen molar-refractivity contribution < 1.29 is 86.8 Å². The quantitative estimate of drug-likeness (QED) is 0.0546. The second-order valence-electron chi connectivity index (χ2n) is 31.5. The zero-order valence-electron chi connectivity index (χ0n) is 67.6. The highest BCUT2D eigenvalue weighted by molar-refractivity contribution is 6.36. The Balaban J connectivity index is 0.000000238. The van der Waals surface area contributed by atoms with Gasteiger partial charge in [0.05, 0.1) is 24.3 Å². The van der Waals surface area contributed by atoms with Crippen LogP contribution >= 0.6 is 0 Å². The standard InChI is InChI=1S/C52H32F8O4.C52H44F4O2.4H2/c1-5-61-33-15-9-29(10-16-33)45-37-23-19-35(63-7-3)27-41(37)48(40-22-14-32(26-44(40)54)52(58,59)60)50-46(30-11-17-34(18-12-30)62-6-2)38-24-20-36(64-8-4)28-42(38)47(49(45)50)39-21-13-31(25-43(39)53)51(55,56)57;1-29-9-12-31(13-10-29)45-37-21-11-30(2)25-41(37)47(39-22-16-33(53)26-43(39)55)49-46(32-14-18-35(19-15-32)57-51(3,4)5)38-24-20-36(58-52(6,7)8)28-42(38)48(50(45)49)40-23-17-34(54)27-44(40)56;;;;/h1,3,9-28H,6,8H2,2,4H3;9-28H,1-8H3;4*1H. The molecule has 0 aliphatic rings. The van der Waals surface area contributed by atoms with Crippen molar-refractivity contribution in [3.8, 4) is 149 Å². The first-order valence-electron chi connectivity index (χ1n) is 39.1. The van der Waals surface area contributed by atoms with Crippen molar-refractivity contribution in [1.29, 1.82) is 0 Å². The lowest BCUT2D eigenvalue weighted by Gasteiger charge is -2.27. The first-order chi connectivity index (χ1) is 58.1. The third-order valence-corrected chi connectivity index (χ3v) is 20.9. The molecule has 0 saturated heterocycles. The summed E-state index contributed by atoms with van der Waals surface area (Å²) >= 11 is 0. The first-order valence-corrected chi connectivity index (χ1v) is 39.1. The highest BCUT2D eigenvalue weighted by atomic mass is 19.4. The van der Waals surface area contributed by atoms with Crippen LogP contribution in [0.1, 0.15) is 83.4 Å². The van der Waals surface area contributed by atoms with Crippen molar-refractivity contribution in [2.45, 2.75) is 92.8 Å². The predicted octanol–water partition coefficient (Wildman–Crippen LogP) is 31.2. The van der Waals surface area contributed by atoms with Crippen LogP contribution < -0.4 is 28.4 Å². The molecule has 16 aromatic carbocycles. The Morgan fingerprint density at radius 1 is 0.287 bits per heavy atom. The van der Waals surface area contributed by atoms with E-state index in [1.807, 2.05) is 147 Å². The number of hydrogen-bond donors (Lipinski definition) is 0. The van der Waals surface area contributed by atoms with E-state index >= 15 is 17.6 Å². The summed E-state index contributed by atoms with van der Waals surface area (Å²) in [5.41, 5.74) is 4.30. The minimum atomic E-state index is -4.91. The fourth-order valence-corrected chi connectivity index (χ4v) is 16.2. The van der Waals surface area contributed by atoms with Crippen molar-refractivity contribution in [2.75, 3.05) is 13.2 Å². The molecule has 16 rings (SSSR count). The van der Waals surface area contributed by atoms with E-state index in [-0.39, 0.29) is 73.4 Å². The first kappa shape index (κ1) is 83.2. The predicted molar refractivity (Wildman–Crippen MR) is 471 cm³/mol. The van der Waals surface area contributed by atoms with Gasteiger partial charge in [-0.15, -0.1) is 0 Å². The molecule has 0 heterocycles. The van der Waals surface area contributed by atoms with Crippen molar-refractivity contribution in [2.24, 2.45) is 0 Å². The molecule has 0 amide bonds. The fourth-order valence-electron chi connectivity index (χ4n) is 16.2. The lowest BCUT2D eigenvalue weighted by atomic mass is 9.77. The monoisotopic (exact) mass is 1660 g/mol. The Morgan fingerprint density at radius 3 is 0.959 bits per heavy atom. The molecular formula is C104H84F12O6. The zero-order valence-corrected chi connectivity index (χ0v) is 67.6. The molecule has 0 atom stereocenters. The van der Waals surface area contributed by atoms with Gasteiger partial charge in [-0.1, -0.05) is 127 Å². The van der Waals surface area contributed by atoms with E-state index in [0.717, 1.165) is 85.9 Å². The molecular weight excluding hydrogens is 1570 g/mol. The van der Waals surface area contributed by atoms with Crippen LogP contribution in [0, 0.1) is 73.8 Å². The fraction of sp³-hybridized carbons (Fsp3) is 0.154. The van der Waals surface area contributed by atoms with E-state index in [2.05, 4.69) is 12.2 Å². The Kier molecular flexibility index (Phi) is 22.3. The highest BCUT2D eigenvalue weighted by Gasteiger charge is 2.37. The van der Waals surface area contributed by atoms with Gasteiger partial charge in [0.2, 0.25) is 0 Å². The number of aryl methyl sites for hydroxylation is 2. The number of benzene rings is 16. The van der Waals surface area contributed by atoms with E-state index in [9.17, 15) is 35.1 Å². The molecule has 16 aromatic rings. The van der Waals surface area contributed by atoms with Crippen LogP contribution in [0.2, 0.25) is 0 Å². The Labute approximate surface area is 702 Å². The highest BCUT2D eigenvalue weighted by Crippen LogP contribution is 2.59. The summed E-state index contributed by atoms with van der Waals surface area (Å²) in [4.78, 5) is 0. The maximum atomic E-state index is 16.9. The van der Waals surface area contributed by atoms with Gasteiger partial charge in [-0.05, 0) is 306 Å². The molecule has 0 spiro atoms. The number of fused-ring (bicyclic) bond motifs is 6. The minimum absolute atomic E-state index is 0. The second kappa shape index (κ2) is 32.7. The second-order valence-corrected chi connectivity index (χ2v) is 31.5. The van der Waals surface area contributed by atoms with Crippen molar-refractivity contribution in [3.63, 3.8) is 0 Å². The molecule has 0 aliphatic heterocycles. The van der Waals surface area contributed by atoms with E-state index in [1.54, 1.807) is 79.7 Å². The molecule has 0 N–H and O–H groups in total. The van der Waals surface area contributed by atoms with Crippen LogP contribution in [0.3, 0.4) is 0 Å². The van der Waals surface area contributed by atoms with Crippen molar-refractivity contribution >= 4 is 64.6 Å². The molecule has 18 heteroatoms. The third-order valence-electron chi connectivity index (χ3n) is 20.9. The molecule has 0 aromatic heterocycles. The van der Waals surface area contributed by atoms with E-state index in [4.69, 9.17) is 41.3 Å². The molecule has 0 radical (unpaired) electrons. The van der Waals surface area contributed by atoms with Gasteiger partial charge in [-0.2, -0.15) is 26.3 Å². The van der Waals surface area contributed by atoms with Gasteiger partial charge >= 0.3 is 12.4 Å². The topological polar surface area (TPSA) is 55.4 Å². The van der Waals surface area contributed by atoms with Gasteiger partial charge in [-0.3, -0.25) is 0 Å². The molecule has 0 aliphatic carbocycles. The summed E-state index contributed by atoms with van der Waals surface area (Å²) in [5.74, 6) is -2.94. The number of terminal acetylenes is 2. The lowest BCUT2D eigenvalue weighted by Crippen LogP contribution is -2.22. The maximum Gasteiger partial charge on any atom is 0.416 e. The van der Waals surface area contributed by atoms with Crippen LogP contribution in [0.4, 0.5) is 52.7 Å². The summed E-state index contributed by atoms with van der Waals surface area (Å²) < 4.78 is 217. The largest absolute Gasteiger partial charge is 0.494 e. The number of hydrogen-bond acceptors (Lipinski definition) is 6. The van der Waals surface area contributed by atoms with E-state index < -0.39 is 69.6 Å². The van der Waals surface area contributed by atoms with Gasteiger partial charge in [0, 0.05) is 62.3 Å². The number of halogens is 12. The molecule has 0 fully saturated rings. The van der Waals surface area contributed by atoms with Crippen molar-refractivity contribution in [1.82, 2.24) is 0 Å². The molecule has 122 heavy (non-hydrogen) atoms. The Morgan fingerprint density at radius 2 is 0.582 bits per heavy atom. The van der Waals surface area contributed by atoms with E-state index in [0.29, 0.717) is 107 Å². The van der Waals surface area contributed by atoms with Gasteiger partial charge in [0.1, 0.15) is 92.8 Å². The van der Waals surface area contributed by atoms with Crippen LogP contribution in [-0.4, -0.2) is 24.4 Å². The number of ether oxygens (including phenoxy) is 6. The average Bonchev–Trinajstić information content (AvgIpc) is 0.697. The Bertz CT molecular complexity index is 6950. The molecule has 6 nitrogen and oxygen atoms in total. The SMILES string of the molecule is C#COc1ccc(-c2c3ccc(OC#C)cc3c(-c3ccc(C(F)(F)F)cc3F)c3c(-c4ccc(OCC)cc4)c4ccc(OCC)cc4c(-c4ccc(C(F)(F)F)cc4F)c23)cc1.Cc1ccc(-c2c3ccc(C)cc3c(-c3ccc(F)cc3F)c3c(-c4ccc(OC(C)(C)C)cc4)c4ccc(OC(C)(C)C)cc4c(-c4ccc(F)cc4F)c23)cc1.[HH].[HH].[HH].[HH]. The van der Waals surface area contributed by atoms with Crippen molar-refractivity contribution in [3.05, 3.63) is 300 Å². The summed E-state index contributed by atoms with van der Waals surface area (Å²) in [6, 6.07) is 62.3. The smallest absolute Gasteiger partial charge is 0.416 e. The molecule has 0 unspecified atom stereocenters. The van der Waals surface area contributed by atoms with Gasteiger partial charge in [0.25, 0.3) is 0 Å². The summed E-state index contributed by atoms with van der Waals surface area (Å²) in [6.45, 7) is 19.9. The Hall–Kier alpha value is -13.8. The third kappa shape index (κ3) is 16.3. The molecule has 620 valence electrons. The van der Waals surface area contributed by atoms with Crippen LogP contribution in [0.15, 0.2) is 243 Å². The maximum absolute atomic E-state index is 16.9. The summed E-state index contributed by atoms with van der Waals surface area (Å²) in [5, 5.41) is 5.84. The zero-order chi connectivity index (χ0) is 86.8. The van der Waals surface area contributed by atoms with Gasteiger partial charge in [-0.25, -0.2) is 26.3 Å². The lowest BCUT2D eigenvalue weighted by molar-refractivity contribution is -0.138. The van der Waals surface area contributed by atoms with Crippen LogP contribution in [0.25, 0.3) is 154 Å². The van der Waals surface area contributed by atoms with Gasteiger partial charge < -0.3 is 28.4 Å². The van der Waals surface area contributed by atoms with E-state index in [1.165, 1.54) is 36.4 Å². The van der Waals surface area contributed by atoms with Crippen LogP contribution in [-0.2, 0) is 12.4 Å². The molecule has 0 bridgehead atoms. The number of alkyl halides is 6. The molecule has 0 saturated carbocycles. The normalized spacial score (nSPS) is 11.9. The van der Waals surface area contributed by atoms with Crippen LogP contribution in [0.5, 0.6) is 34.5 Å². The summed E-state index contributed by atoms with van der Waals surface area (Å²) in [6.07, 6.45) is 5.39. The number of rotatable bonds is 16. The van der Waals surface area contributed by atoms with Gasteiger partial charge in [0.15, 0.2) is 0 Å². The minimum Gasteiger partial charge on any atom is -0.494 e. The average molecular weight is 1660 g/mol.